The number of amides is 2. The quantitative estimate of drug-likeness (QED) is 0.0322. The first kappa shape index (κ1) is 61.9. The fourth-order valence-electron chi connectivity index (χ4n) is 9.18. The van der Waals surface area contributed by atoms with Crippen molar-refractivity contribution < 1.29 is 133 Å². The van der Waals surface area contributed by atoms with Gasteiger partial charge >= 0.3 is 11.9 Å². The van der Waals surface area contributed by atoms with E-state index in [0.717, 1.165) is 25.5 Å². The summed E-state index contributed by atoms with van der Waals surface area (Å²) < 4.78 is 67.1. The second-order valence-corrected chi connectivity index (χ2v) is 18.8. The maximum atomic E-state index is 14.6. The number of carbonyl (C=O) groups is 4. The number of ether oxygens (including phenoxy) is 9. The highest BCUT2D eigenvalue weighted by Crippen LogP contribution is 2.39. The first-order valence-electron chi connectivity index (χ1n) is 24.4. The molecular weight excluding hydrogens is 1020 g/mol. The number of carbonyl (C=O) groups excluding carboxylic acids is 3. The number of aromatic hydroxyl groups is 1. The van der Waals surface area contributed by atoms with E-state index in [1.165, 1.54) is 14.0 Å². The van der Waals surface area contributed by atoms with E-state index in [1.807, 2.05) is 0 Å². The Labute approximate surface area is 428 Å². The molecule has 28 nitrogen and oxygen atoms in total. The van der Waals surface area contributed by atoms with Crippen LogP contribution in [0.2, 0.25) is 0 Å². The molecule has 15 N–H and O–H groups in total. The predicted octanol–water partition coefficient (Wildman–Crippen LogP) is -5.16. The summed E-state index contributed by atoms with van der Waals surface area (Å²) >= 11 is 0. The Morgan fingerprint density at radius 3 is 2.03 bits per heavy atom. The lowest BCUT2D eigenvalue weighted by atomic mass is 9.88. The fourth-order valence-corrected chi connectivity index (χ4v) is 9.18. The van der Waals surface area contributed by atoms with Crippen molar-refractivity contribution in [1.29, 1.82) is 0 Å². The summed E-state index contributed by atoms with van der Waals surface area (Å²) in [5.74, 6) is -9.34. The van der Waals surface area contributed by atoms with E-state index in [9.17, 15) is 90.0 Å². The molecule has 0 saturated carbocycles. The number of carboxylic acid groups (broad SMARTS) is 1. The number of phenols is 1. The summed E-state index contributed by atoms with van der Waals surface area (Å²) in [7, 11) is 1.29. The molecule has 4 aliphatic heterocycles. The maximum absolute atomic E-state index is 14.6. The van der Waals surface area contributed by atoms with Crippen molar-refractivity contribution in [3.8, 4) is 5.75 Å². The second kappa shape index (κ2) is 28.1. The first-order valence-corrected chi connectivity index (χ1v) is 24.4. The van der Waals surface area contributed by atoms with Gasteiger partial charge in [-0.25, -0.2) is 9.18 Å². The van der Waals surface area contributed by atoms with Crippen LogP contribution >= 0.6 is 0 Å². The van der Waals surface area contributed by atoms with Gasteiger partial charge in [0.1, 0.15) is 97.0 Å². The third kappa shape index (κ3) is 15.2. The lowest BCUT2D eigenvalue weighted by Gasteiger charge is -2.52. The summed E-state index contributed by atoms with van der Waals surface area (Å²) in [6.45, 7) is -1.05. The predicted molar refractivity (Wildman–Crippen MR) is 243 cm³/mol. The number of methoxy groups -OCH3 is 1. The molecular formula is C46H71FN2O26. The topological polar surface area (TPSA) is 438 Å². The van der Waals surface area contributed by atoms with E-state index >= 15 is 0 Å². The minimum absolute atomic E-state index is 0.124. The van der Waals surface area contributed by atoms with E-state index in [0.29, 0.717) is 38.2 Å². The zero-order valence-corrected chi connectivity index (χ0v) is 41.3. The molecule has 29 heteroatoms. The van der Waals surface area contributed by atoms with Crippen molar-refractivity contribution >= 4 is 23.8 Å². The van der Waals surface area contributed by atoms with Gasteiger partial charge in [0, 0.05) is 26.4 Å². The average Bonchev–Trinajstić information content (AvgIpc) is 3.37. The van der Waals surface area contributed by atoms with E-state index in [1.54, 1.807) is 0 Å². The number of hydrogen-bond acceptors (Lipinski definition) is 25. The van der Waals surface area contributed by atoms with Gasteiger partial charge in [-0.1, -0.05) is 25.7 Å². The van der Waals surface area contributed by atoms with E-state index in [-0.39, 0.29) is 19.0 Å². The van der Waals surface area contributed by atoms with Crippen molar-refractivity contribution in [2.45, 2.75) is 194 Å². The molecule has 4 fully saturated rings. The summed E-state index contributed by atoms with van der Waals surface area (Å²) in [5, 5.41) is 146. The van der Waals surface area contributed by atoms with Gasteiger partial charge in [0.2, 0.25) is 5.91 Å². The molecule has 4 aliphatic rings. The van der Waals surface area contributed by atoms with Crippen LogP contribution in [-0.2, 0) is 57.0 Å². The van der Waals surface area contributed by atoms with Crippen LogP contribution in [0.3, 0.4) is 0 Å². The molecule has 0 spiro atoms. The van der Waals surface area contributed by atoms with Crippen molar-refractivity contribution in [3.05, 3.63) is 29.6 Å². The van der Waals surface area contributed by atoms with Gasteiger partial charge < -0.3 is 120 Å². The van der Waals surface area contributed by atoms with E-state index in [2.05, 4.69) is 15.4 Å². The molecule has 1 aromatic rings. The van der Waals surface area contributed by atoms with Crippen molar-refractivity contribution in [3.63, 3.8) is 0 Å². The highest BCUT2D eigenvalue weighted by Gasteiger charge is 2.61. The van der Waals surface area contributed by atoms with Crippen molar-refractivity contribution in [2.24, 2.45) is 0 Å². The molecule has 21 atom stereocenters. The highest BCUT2D eigenvalue weighted by molar-refractivity contribution is 5.97. The first-order chi connectivity index (χ1) is 35.5. The Morgan fingerprint density at radius 1 is 0.773 bits per heavy atom. The summed E-state index contributed by atoms with van der Waals surface area (Å²) in [5.41, 5.74) is -0.645. The molecule has 2 amide bonds. The molecule has 0 aliphatic carbocycles. The lowest BCUT2D eigenvalue weighted by molar-refractivity contribution is -0.390. The monoisotopic (exact) mass is 1090 g/mol. The van der Waals surface area contributed by atoms with Crippen LogP contribution < -0.4 is 10.6 Å². The summed E-state index contributed by atoms with van der Waals surface area (Å²) in [6.07, 6.45) is -32.7. The number of phenolic OH excluding ortho intramolecular Hbond substituents is 1. The van der Waals surface area contributed by atoms with Crippen LogP contribution in [0.15, 0.2) is 18.2 Å². The molecule has 4 saturated heterocycles. The molecule has 0 radical (unpaired) electrons. The van der Waals surface area contributed by atoms with Gasteiger partial charge in [-0.15, -0.1) is 0 Å². The van der Waals surface area contributed by atoms with Crippen LogP contribution in [0.4, 0.5) is 4.39 Å². The second-order valence-electron chi connectivity index (χ2n) is 18.8. The average molecular weight is 1090 g/mol. The van der Waals surface area contributed by atoms with Gasteiger partial charge in [-0.2, -0.15) is 0 Å². The molecule has 428 valence electrons. The lowest BCUT2D eigenvalue weighted by Crippen LogP contribution is -2.71. The summed E-state index contributed by atoms with van der Waals surface area (Å²) in [6, 6.07) is -1.06. The molecule has 0 bridgehead atoms. The Bertz CT molecular complexity index is 2010. The number of nitrogens with one attached hydrogen (secondary N) is 2. The Morgan fingerprint density at radius 2 is 1.40 bits per heavy atom. The molecule has 75 heavy (non-hydrogen) atoms. The van der Waals surface area contributed by atoms with Crippen LogP contribution in [0.25, 0.3) is 0 Å². The van der Waals surface area contributed by atoms with Crippen LogP contribution in [0.5, 0.6) is 5.75 Å². The third-order valence-corrected chi connectivity index (χ3v) is 13.3. The standard InChI is InChI=1S/C46H71FN2O26/c1-19-31(58)34(61)35(62)43(69-19)72-37-27(18-52)71-42(68-13-9-7-5-4-6-8-10-28(57)67-3)30(49-41(64)22-14-21(47)11-12-23(22)54)39(37)73-44-36(63)40(33(60)26(17-51)70-44)75-46(45(65)66)15-24(55)29(48-20(2)53)38(74-46)32(59)25(56)16-50/h11-12,14,19,24-27,29-40,42-44,50-52,54-56,58-63H,4-10,13,15-18H2,1-3H3,(H,48,53)(H,49,64)(H,65,66)/t19?,24?,25?,26?,27?,29-,30?,31-,32?,33-,34?,35?,36?,37+,38?,39?,40?,42-,43?,44?,46+/m1/s1. The Kier molecular flexibility index (Phi) is 23.2. The van der Waals surface area contributed by atoms with Gasteiger partial charge in [0.05, 0.1) is 50.7 Å². The maximum Gasteiger partial charge on any atom is 0.364 e. The number of aliphatic hydroxyl groups excluding tert-OH is 11. The van der Waals surface area contributed by atoms with Crippen LogP contribution in [-0.4, -0.2) is 252 Å². The van der Waals surface area contributed by atoms with E-state index < -0.39 is 189 Å². The van der Waals surface area contributed by atoms with Gasteiger partial charge in [-0.3, -0.25) is 14.4 Å². The fraction of sp³-hybridized carbons (Fsp3) is 0.783. The molecule has 4 heterocycles. The van der Waals surface area contributed by atoms with Gasteiger partial charge in [0.15, 0.2) is 18.9 Å². The number of unbranched alkanes of at least 4 members (excludes halogenated alkanes) is 5. The van der Waals surface area contributed by atoms with E-state index in [4.69, 9.17) is 37.9 Å². The minimum atomic E-state index is -3.21. The largest absolute Gasteiger partial charge is 0.507 e. The van der Waals surface area contributed by atoms with Gasteiger partial charge in [0.25, 0.3) is 11.7 Å². The molecule has 0 aromatic heterocycles. The SMILES string of the molecule is COC(=O)CCCCCCCCO[C@@H]1OC(CO)[C@H](OC2OC(C)[C@@H](O)C(O)C2O)C(OC2OC(CO)[C@@H](O)C(O[C@]3(C(=O)O)CC(O)[C@@H](NC(C)=O)C(C(O)C(O)CO)O3)C2O)C1NC(=O)c1cc(F)ccc1O. The number of aliphatic carboxylic acids is 1. The smallest absolute Gasteiger partial charge is 0.364 e. The highest BCUT2D eigenvalue weighted by atomic mass is 19.1. The normalized spacial score (nSPS) is 37.0. The molecule has 1 aromatic carbocycles. The summed E-state index contributed by atoms with van der Waals surface area (Å²) in [4.78, 5) is 50.9. The molecule has 5 rings (SSSR count). The van der Waals surface area contributed by atoms with Crippen LogP contribution in [0, 0.1) is 5.82 Å². The van der Waals surface area contributed by atoms with Crippen molar-refractivity contribution in [2.75, 3.05) is 33.5 Å². The number of benzene rings is 1. The zero-order valence-electron chi connectivity index (χ0n) is 41.3. The number of rotatable bonds is 25. The van der Waals surface area contributed by atoms with Gasteiger partial charge in [-0.05, 0) is 38.0 Å². The number of esters is 1. The number of aliphatic hydroxyl groups is 11. The zero-order chi connectivity index (χ0) is 55.5. The minimum Gasteiger partial charge on any atom is -0.507 e. The number of carboxylic acids is 1. The Hall–Kier alpha value is -3.93. The Balaban J connectivity index is 1.55. The number of hydrogen-bond donors (Lipinski definition) is 15. The third-order valence-electron chi connectivity index (χ3n) is 13.3. The van der Waals surface area contributed by atoms with Crippen LogP contribution in [0.1, 0.15) is 75.6 Å². The van der Waals surface area contributed by atoms with Crippen molar-refractivity contribution in [1.82, 2.24) is 10.6 Å². The molecule has 15 unspecified atom stereocenters. The number of halogens is 1.